The highest BCUT2D eigenvalue weighted by Crippen LogP contribution is 2.32. The van der Waals surface area contributed by atoms with Gasteiger partial charge in [-0.05, 0) is 17.5 Å². The van der Waals surface area contributed by atoms with Crippen LogP contribution in [0.1, 0.15) is 27.2 Å². The van der Waals surface area contributed by atoms with Crippen LogP contribution in [0.25, 0.3) is 0 Å². The number of hydrogen-bond donors (Lipinski definition) is 0. The van der Waals surface area contributed by atoms with Crippen molar-refractivity contribution in [2.24, 2.45) is 7.05 Å². The fourth-order valence-corrected chi connectivity index (χ4v) is 2.69. The molecule has 2 aromatic rings. The lowest BCUT2D eigenvalue weighted by atomic mass is 9.99. The standard InChI is InChI=1S/C15H14F3N3O/c1-20-9-12(13(19-20)15(16,17)18)14(22)21-7-6-10-4-2-3-5-11(10)8-21/h2-5,9H,6-8H2,1H3. The van der Waals surface area contributed by atoms with Gasteiger partial charge in [0.15, 0.2) is 5.69 Å². The number of carbonyl (C=O) groups excluding carboxylic acids is 1. The fraction of sp³-hybridized carbons (Fsp3) is 0.333. The van der Waals surface area contributed by atoms with Gasteiger partial charge in [0.2, 0.25) is 0 Å². The van der Waals surface area contributed by atoms with E-state index >= 15 is 0 Å². The van der Waals surface area contributed by atoms with Gasteiger partial charge in [-0.2, -0.15) is 18.3 Å². The molecule has 0 unspecified atom stereocenters. The Kier molecular flexibility index (Phi) is 3.42. The van der Waals surface area contributed by atoms with E-state index in [1.807, 2.05) is 24.3 Å². The van der Waals surface area contributed by atoms with Crippen LogP contribution in [0.5, 0.6) is 0 Å². The molecule has 1 amide bonds. The predicted octanol–water partition coefficient (Wildman–Crippen LogP) is 2.64. The van der Waals surface area contributed by atoms with Crippen LogP contribution >= 0.6 is 0 Å². The second-order valence-corrected chi connectivity index (χ2v) is 5.31. The highest BCUT2D eigenvalue weighted by molar-refractivity contribution is 5.95. The molecule has 0 atom stereocenters. The molecule has 0 radical (unpaired) electrons. The van der Waals surface area contributed by atoms with Crippen LogP contribution in [0.2, 0.25) is 0 Å². The second-order valence-electron chi connectivity index (χ2n) is 5.31. The first-order valence-corrected chi connectivity index (χ1v) is 6.83. The Morgan fingerprint density at radius 1 is 1.23 bits per heavy atom. The largest absolute Gasteiger partial charge is 0.435 e. The summed E-state index contributed by atoms with van der Waals surface area (Å²) in [5, 5.41) is 3.39. The van der Waals surface area contributed by atoms with Gasteiger partial charge in [0.1, 0.15) is 0 Å². The Balaban J connectivity index is 1.90. The van der Waals surface area contributed by atoms with Crippen LogP contribution < -0.4 is 0 Å². The number of amides is 1. The molecular formula is C15H14F3N3O. The molecule has 0 aliphatic carbocycles. The van der Waals surface area contributed by atoms with E-state index in [4.69, 9.17) is 0 Å². The van der Waals surface area contributed by atoms with E-state index in [0.717, 1.165) is 22.0 Å². The summed E-state index contributed by atoms with van der Waals surface area (Å²) in [6.45, 7) is 0.725. The van der Waals surface area contributed by atoms with Gasteiger partial charge in [0.05, 0.1) is 5.56 Å². The Hall–Kier alpha value is -2.31. The molecule has 0 saturated heterocycles. The van der Waals surface area contributed by atoms with E-state index in [0.29, 0.717) is 19.5 Å². The molecule has 0 bridgehead atoms. The number of aromatic nitrogens is 2. The van der Waals surface area contributed by atoms with Gasteiger partial charge < -0.3 is 4.90 Å². The first kappa shape index (κ1) is 14.6. The van der Waals surface area contributed by atoms with Crippen LogP contribution in [0.4, 0.5) is 13.2 Å². The van der Waals surface area contributed by atoms with Crippen molar-refractivity contribution in [1.82, 2.24) is 14.7 Å². The van der Waals surface area contributed by atoms with Gasteiger partial charge >= 0.3 is 6.18 Å². The molecule has 1 aliphatic heterocycles. The molecule has 7 heteroatoms. The Bertz CT molecular complexity index is 721. The average molecular weight is 309 g/mol. The van der Waals surface area contributed by atoms with E-state index in [1.165, 1.54) is 11.9 Å². The van der Waals surface area contributed by atoms with Crippen LogP contribution in [-0.2, 0) is 26.2 Å². The molecule has 0 N–H and O–H groups in total. The summed E-state index contributed by atoms with van der Waals surface area (Å²) < 4.78 is 40.0. The molecule has 3 rings (SSSR count). The molecule has 2 heterocycles. The smallest absolute Gasteiger partial charge is 0.334 e. The number of halogens is 3. The Morgan fingerprint density at radius 2 is 1.91 bits per heavy atom. The second kappa shape index (κ2) is 5.15. The molecule has 0 saturated carbocycles. The molecule has 22 heavy (non-hydrogen) atoms. The lowest BCUT2D eigenvalue weighted by Crippen LogP contribution is -2.36. The molecule has 4 nitrogen and oxygen atoms in total. The van der Waals surface area contributed by atoms with E-state index in [-0.39, 0.29) is 0 Å². The third kappa shape index (κ3) is 2.58. The minimum absolute atomic E-state index is 0.321. The van der Waals surface area contributed by atoms with Crippen molar-refractivity contribution < 1.29 is 18.0 Å². The molecule has 116 valence electrons. The minimum atomic E-state index is -4.64. The third-order valence-corrected chi connectivity index (χ3v) is 3.75. The highest BCUT2D eigenvalue weighted by atomic mass is 19.4. The fourth-order valence-electron chi connectivity index (χ4n) is 2.69. The molecular weight excluding hydrogens is 295 g/mol. The van der Waals surface area contributed by atoms with Crippen LogP contribution in [0, 0.1) is 0 Å². The topological polar surface area (TPSA) is 38.1 Å². The van der Waals surface area contributed by atoms with Crippen molar-refractivity contribution in [2.75, 3.05) is 6.54 Å². The van der Waals surface area contributed by atoms with Gasteiger partial charge in [-0.3, -0.25) is 9.48 Å². The molecule has 1 aliphatic rings. The van der Waals surface area contributed by atoms with Gasteiger partial charge in [0, 0.05) is 26.3 Å². The van der Waals surface area contributed by atoms with Gasteiger partial charge in [0.25, 0.3) is 5.91 Å². The number of hydrogen-bond acceptors (Lipinski definition) is 2. The van der Waals surface area contributed by atoms with Crippen molar-refractivity contribution in [3.63, 3.8) is 0 Å². The zero-order chi connectivity index (χ0) is 15.9. The normalized spacial score (nSPS) is 14.8. The van der Waals surface area contributed by atoms with Crippen molar-refractivity contribution in [2.45, 2.75) is 19.1 Å². The van der Waals surface area contributed by atoms with Crippen molar-refractivity contribution in [1.29, 1.82) is 0 Å². The highest BCUT2D eigenvalue weighted by Gasteiger charge is 2.40. The Labute approximate surface area is 125 Å². The maximum Gasteiger partial charge on any atom is 0.435 e. The third-order valence-electron chi connectivity index (χ3n) is 3.75. The monoisotopic (exact) mass is 309 g/mol. The first-order chi connectivity index (χ1) is 10.4. The van der Waals surface area contributed by atoms with Crippen LogP contribution in [-0.4, -0.2) is 27.1 Å². The maximum absolute atomic E-state index is 13.0. The minimum Gasteiger partial charge on any atom is -0.334 e. The summed E-state index contributed by atoms with van der Waals surface area (Å²) in [5.74, 6) is -0.630. The number of aryl methyl sites for hydroxylation is 1. The summed E-state index contributed by atoms with van der Waals surface area (Å²) in [7, 11) is 1.37. The number of nitrogens with zero attached hydrogens (tertiary/aromatic N) is 3. The molecule has 1 aromatic heterocycles. The zero-order valence-corrected chi connectivity index (χ0v) is 11.9. The zero-order valence-electron chi connectivity index (χ0n) is 11.9. The summed E-state index contributed by atoms with van der Waals surface area (Å²) in [5.41, 5.74) is 0.585. The van der Waals surface area contributed by atoms with Crippen molar-refractivity contribution in [3.8, 4) is 0 Å². The first-order valence-electron chi connectivity index (χ1n) is 6.83. The maximum atomic E-state index is 13.0. The SMILES string of the molecule is Cn1cc(C(=O)N2CCc3ccccc3C2)c(C(F)(F)F)n1. The number of fused-ring (bicyclic) bond motifs is 1. The number of alkyl halides is 3. The number of carbonyl (C=O) groups is 1. The van der Waals surface area contributed by atoms with E-state index in [1.54, 1.807) is 0 Å². The number of benzene rings is 1. The quantitative estimate of drug-likeness (QED) is 0.812. The summed E-state index contributed by atoms with van der Waals surface area (Å²) >= 11 is 0. The molecule has 1 aromatic carbocycles. The summed E-state index contributed by atoms with van der Waals surface area (Å²) in [6, 6.07) is 7.64. The number of rotatable bonds is 1. The lowest BCUT2D eigenvalue weighted by molar-refractivity contribution is -0.141. The lowest BCUT2D eigenvalue weighted by Gasteiger charge is -2.28. The van der Waals surface area contributed by atoms with Gasteiger partial charge in [-0.1, -0.05) is 24.3 Å². The van der Waals surface area contributed by atoms with E-state index in [9.17, 15) is 18.0 Å². The van der Waals surface area contributed by atoms with Gasteiger partial charge in [-0.15, -0.1) is 0 Å². The summed E-state index contributed by atoms with van der Waals surface area (Å²) in [4.78, 5) is 13.9. The van der Waals surface area contributed by atoms with Crippen molar-refractivity contribution >= 4 is 5.91 Å². The predicted molar refractivity (Wildman–Crippen MR) is 73.1 cm³/mol. The summed E-state index contributed by atoms with van der Waals surface area (Å²) in [6.07, 6.45) is -2.87. The molecule has 0 spiro atoms. The Morgan fingerprint density at radius 3 is 2.59 bits per heavy atom. The van der Waals surface area contributed by atoms with Gasteiger partial charge in [-0.25, -0.2) is 0 Å². The van der Waals surface area contributed by atoms with Crippen LogP contribution in [0.3, 0.4) is 0 Å². The molecule has 0 fully saturated rings. The van der Waals surface area contributed by atoms with E-state index < -0.39 is 23.3 Å². The van der Waals surface area contributed by atoms with Crippen LogP contribution in [0.15, 0.2) is 30.5 Å². The average Bonchev–Trinajstić information content (AvgIpc) is 2.88. The van der Waals surface area contributed by atoms with E-state index in [2.05, 4.69) is 5.10 Å². The van der Waals surface area contributed by atoms with Crippen molar-refractivity contribution in [3.05, 3.63) is 52.8 Å².